The van der Waals surface area contributed by atoms with Gasteiger partial charge in [0.1, 0.15) is 0 Å². The van der Waals surface area contributed by atoms with Crippen molar-refractivity contribution >= 4 is 11.7 Å². The van der Waals surface area contributed by atoms with Gasteiger partial charge >= 0.3 is 5.97 Å². The molecule has 4 heteroatoms. The molecule has 18 heavy (non-hydrogen) atoms. The first-order valence-corrected chi connectivity index (χ1v) is 6.42. The van der Waals surface area contributed by atoms with Crippen molar-refractivity contribution in [2.24, 2.45) is 5.73 Å². The molecule has 0 bridgehead atoms. The van der Waals surface area contributed by atoms with Crippen molar-refractivity contribution in [3.05, 3.63) is 29.8 Å². The zero-order valence-corrected chi connectivity index (χ0v) is 10.7. The fourth-order valence-electron chi connectivity index (χ4n) is 2.44. The van der Waals surface area contributed by atoms with Gasteiger partial charge in [-0.05, 0) is 25.0 Å². The topological polar surface area (TPSA) is 64.3 Å². The number of hydrogen-bond acceptors (Lipinski definition) is 4. The Balaban J connectivity index is 2.15. The monoisotopic (exact) mass is 248 g/mol. The van der Waals surface area contributed by atoms with E-state index < -0.39 is 0 Å². The summed E-state index contributed by atoms with van der Waals surface area (Å²) in [6.45, 7) is 0. The van der Waals surface area contributed by atoms with Crippen LogP contribution in [0, 0.1) is 0 Å². The highest BCUT2D eigenvalue weighted by molar-refractivity contribution is 5.95. The third-order valence-electron chi connectivity index (χ3n) is 3.49. The van der Waals surface area contributed by atoms with Gasteiger partial charge in [0.25, 0.3) is 0 Å². The highest BCUT2D eigenvalue weighted by Gasteiger charge is 2.23. The number of rotatable bonds is 3. The second-order valence-electron chi connectivity index (χ2n) is 4.74. The number of esters is 1. The minimum absolute atomic E-state index is 0.157. The van der Waals surface area contributed by atoms with E-state index in [0.717, 1.165) is 18.5 Å². The number of nitrogens with two attached hydrogens (primary N) is 1. The minimum Gasteiger partial charge on any atom is -0.465 e. The van der Waals surface area contributed by atoms with Gasteiger partial charge in [-0.1, -0.05) is 25.0 Å². The van der Waals surface area contributed by atoms with Crippen molar-refractivity contribution in [1.82, 2.24) is 0 Å². The lowest BCUT2D eigenvalue weighted by Crippen LogP contribution is -2.42. The fourth-order valence-corrected chi connectivity index (χ4v) is 2.44. The first-order chi connectivity index (χ1) is 8.72. The SMILES string of the molecule is COC(=O)c1ccccc1NC1CCCCC1N. The summed E-state index contributed by atoms with van der Waals surface area (Å²) in [6.07, 6.45) is 4.47. The molecule has 4 nitrogen and oxygen atoms in total. The Morgan fingerprint density at radius 3 is 2.78 bits per heavy atom. The zero-order chi connectivity index (χ0) is 13.0. The number of anilines is 1. The molecule has 0 spiro atoms. The molecule has 0 saturated heterocycles. The van der Waals surface area contributed by atoms with Crippen LogP contribution in [0.5, 0.6) is 0 Å². The summed E-state index contributed by atoms with van der Waals surface area (Å²) >= 11 is 0. The molecule has 1 aromatic rings. The van der Waals surface area contributed by atoms with E-state index in [1.807, 2.05) is 18.2 Å². The van der Waals surface area contributed by atoms with Crippen LogP contribution in [0.25, 0.3) is 0 Å². The number of para-hydroxylation sites is 1. The maximum absolute atomic E-state index is 11.7. The number of nitrogens with one attached hydrogen (secondary N) is 1. The third kappa shape index (κ3) is 2.82. The van der Waals surface area contributed by atoms with Gasteiger partial charge < -0.3 is 15.8 Å². The van der Waals surface area contributed by atoms with Crippen molar-refractivity contribution in [2.75, 3.05) is 12.4 Å². The van der Waals surface area contributed by atoms with E-state index in [2.05, 4.69) is 5.32 Å². The summed E-state index contributed by atoms with van der Waals surface area (Å²) in [4.78, 5) is 11.7. The average Bonchev–Trinajstić information content (AvgIpc) is 2.41. The second-order valence-corrected chi connectivity index (χ2v) is 4.74. The number of benzene rings is 1. The molecule has 1 aliphatic rings. The third-order valence-corrected chi connectivity index (χ3v) is 3.49. The van der Waals surface area contributed by atoms with Gasteiger partial charge in [0.05, 0.1) is 12.7 Å². The first-order valence-electron chi connectivity index (χ1n) is 6.42. The van der Waals surface area contributed by atoms with Crippen molar-refractivity contribution in [3.8, 4) is 0 Å². The van der Waals surface area contributed by atoms with Crippen LogP contribution in [-0.4, -0.2) is 25.2 Å². The fraction of sp³-hybridized carbons (Fsp3) is 0.500. The zero-order valence-electron chi connectivity index (χ0n) is 10.7. The lowest BCUT2D eigenvalue weighted by atomic mass is 9.90. The van der Waals surface area contributed by atoms with Crippen LogP contribution in [-0.2, 0) is 4.74 Å². The van der Waals surface area contributed by atoms with Gasteiger partial charge in [-0.2, -0.15) is 0 Å². The molecule has 1 aliphatic carbocycles. The van der Waals surface area contributed by atoms with E-state index in [4.69, 9.17) is 10.5 Å². The van der Waals surface area contributed by atoms with Gasteiger partial charge in [-0.15, -0.1) is 0 Å². The van der Waals surface area contributed by atoms with Crippen LogP contribution in [0.1, 0.15) is 36.0 Å². The van der Waals surface area contributed by atoms with E-state index in [-0.39, 0.29) is 18.1 Å². The summed E-state index contributed by atoms with van der Waals surface area (Å²) in [7, 11) is 1.39. The number of ether oxygens (including phenoxy) is 1. The van der Waals surface area contributed by atoms with Crippen molar-refractivity contribution in [3.63, 3.8) is 0 Å². The predicted molar refractivity (Wildman–Crippen MR) is 71.6 cm³/mol. The standard InChI is InChI=1S/C14H20N2O2/c1-18-14(17)10-6-2-4-8-12(10)16-13-9-5-3-7-11(13)15/h2,4,6,8,11,13,16H,3,5,7,9,15H2,1H3. The van der Waals surface area contributed by atoms with Crippen LogP contribution < -0.4 is 11.1 Å². The summed E-state index contributed by atoms with van der Waals surface area (Å²) in [6, 6.07) is 7.80. The van der Waals surface area contributed by atoms with E-state index in [9.17, 15) is 4.79 Å². The normalized spacial score (nSPS) is 23.4. The molecule has 1 saturated carbocycles. The molecule has 0 radical (unpaired) electrons. The highest BCUT2D eigenvalue weighted by atomic mass is 16.5. The molecule has 1 aromatic carbocycles. The summed E-state index contributed by atoms with van der Waals surface area (Å²) in [5.41, 5.74) is 7.49. The van der Waals surface area contributed by atoms with Crippen molar-refractivity contribution < 1.29 is 9.53 Å². The molecule has 2 atom stereocenters. The summed E-state index contributed by atoms with van der Waals surface area (Å²) in [5, 5.41) is 3.39. The molecule has 0 heterocycles. The Bertz CT molecular complexity index is 420. The first kappa shape index (κ1) is 12.9. The Hall–Kier alpha value is -1.55. The number of hydrogen-bond donors (Lipinski definition) is 2. The van der Waals surface area contributed by atoms with Crippen LogP contribution in [0.4, 0.5) is 5.69 Å². The minimum atomic E-state index is -0.317. The van der Waals surface area contributed by atoms with Gasteiger partial charge in [0.15, 0.2) is 0 Å². The predicted octanol–water partition coefficient (Wildman–Crippen LogP) is 2.15. The lowest BCUT2D eigenvalue weighted by Gasteiger charge is -2.30. The van der Waals surface area contributed by atoms with E-state index in [1.54, 1.807) is 6.07 Å². The highest BCUT2D eigenvalue weighted by Crippen LogP contribution is 2.23. The molecule has 98 valence electrons. The Morgan fingerprint density at radius 1 is 1.33 bits per heavy atom. The summed E-state index contributed by atoms with van der Waals surface area (Å²) < 4.78 is 4.78. The molecule has 2 unspecified atom stereocenters. The molecule has 2 rings (SSSR count). The van der Waals surface area contributed by atoms with Crippen molar-refractivity contribution in [2.45, 2.75) is 37.8 Å². The molecule has 1 fully saturated rings. The van der Waals surface area contributed by atoms with E-state index in [1.165, 1.54) is 20.0 Å². The number of carbonyl (C=O) groups excluding carboxylic acids is 1. The van der Waals surface area contributed by atoms with Crippen LogP contribution in [0.15, 0.2) is 24.3 Å². The van der Waals surface area contributed by atoms with Crippen molar-refractivity contribution in [1.29, 1.82) is 0 Å². The molecular weight excluding hydrogens is 228 g/mol. The maximum atomic E-state index is 11.7. The van der Waals surface area contributed by atoms with Gasteiger partial charge in [-0.25, -0.2) is 4.79 Å². The molecular formula is C14H20N2O2. The number of methoxy groups -OCH3 is 1. The van der Waals surface area contributed by atoms with Gasteiger partial charge in [-0.3, -0.25) is 0 Å². The van der Waals surface area contributed by atoms with Crippen LogP contribution >= 0.6 is 0 Å². The smallest absolute Gasteiger partial charge is 0.339 e. The Morgan fingerprint density at radius 2 is 2.06 bits per heavy atom. The van der Waals surface area contributed by atoms with E-state index >= 15 is 0 Å². The largest absolute Gasteiger partial charge is 0.465 e. The van der Waals surface area contributed by atoms with E-state index in [0.29, 0.717) is 5.56 Å². The lowest BCUT2D eigenvalue weighted by molar-refractivity contribution is 0.0601. The molecule has 3 N–H and O–H groups in total. The van der Waals surface area contributed by atoms with Gasteiger partial charge in [0, 0.05) is 17.8 Å². The average molecular weight is 248 g/mol. The quantitative estimate of drug-likeness (QED) is 0.804. The molecule has 0 aliphatic heterocycles. The Labute approximate surface area is 108 Å². The van der Waals surface area contributed by atoms with Crippen LogP contribution in [0.2, 0.25) is 0 Å². The molecule has 0 aromatic heterocycles. The molecule has 0 amide bonds. The summed E-state index contributed by atoms with van der Waals surface area (Å²) in [5.74, 6) is -0.317. The second kappa shape index (κ2) is 5.87. The maximum Gasteiger partial charge on any atom is 0.339 e. The Kier molecular flexibility index (Phi) is 4.20. The van der Waals surface area contributed by atoms with Gasteiger partial charge in [0.2, 0.25) is 0 Å². The van der Waals surface area contributed by atoms with Crippen LogP contribution in [0.3, 0.4) is 0 Å². The number of carbonyl (C=O) groups is 1.